The Hall–Kier alpha value is -1.79. The molecular formula is C14H25NO6. The monoisotopic (exact) mass is 303 g/mol. The zero-order valence-electron chi connectivity index (χ0n) is 13.7. The Kier molecular flexibility index (Phi) is 6.66. The van der Waals surface area contributed by atoms with Crippen molar-refractivity contribution < 1.29 is 28.6 Å². The van der Waals surface area contributed by atoms with Crippen molar-refractivity contribution in [2.75, 3.05) is 14.2 Å². The molecule has 0 heterocycles. The van der Waals surface area contributed by atoms with Gasteiger partial charge in [-0.05, 0) is 41.0 Å². The Morgan fingerprint density at radius 3 is 1.90 bits per heavy atom. The Labute approximate surface area is 125 Å². The molecule has 0 aliphatic rings. The summed E-state index contributed by atoms with van der Waals surface area (Å²) in [4.78, 5) is 35.2. The van der Waals surface area contributed by atoms with Crippen molar-refractivity contribution in [1.82, 2.24) is 5.32 Å². The van der Waals surface area contributed by atoms with Crippen LogP contribution < -0.4 is 5.32 Å². The van der Waals surface area contributed by atoms with Crippen LogP contribution in [0, 0.1) is 5.41 Å². The number of carbonyl (C=O) groups excluding carboxylic acids is 3. The van der Waals surface area contributed by atoms with Crippen molar-refractivity contribution in [2.24, 2.45) is 5.41 Å². The lowest BCUT2D eigenvalue weighted by molar-refractivity contribution is -0.153. The van der Waals surface area contributed by atoms with Crippen LogP contribution in [0.25, 0.3) is 0 Å². The first-order valence-electron chi connectivity index (χ1n) is 6.58. The van der Waals surface area contributed by atoms with Gasteiger partial charge in [0.2, 0.25) is 0 Å². The molecule has 0 radical (unpaired) electrons. The molecule has 7 heteroatoms. The van der Waals surface area contributed by atoms with E-state index in [9.17, 15) is 14.4 Å². The number of esters is 2. The Morgan fingerprint density at radius 1 is 1.00 bits per heavy atom. The van der Waals surface area contributed by atoms with E-state index in [0.717, 1.165) is 0 Å². The summed E-state index contributed by atoms with van der Waals surface area (Å²) < 4.78 is 14.4. The SMILES string of the molecule is COC(=O)[C@@H](CC(C)(C)C(=O)OC)NC(=O)OC(C)(C)C. The lowest BCUT2D eigenvalue weighted by Gasteiger charge is -2.27. The number of methoxy groups -OCH3 is 2. The molecule has 0 saturated heterocycles. The second kappa shape index (κ2) is 7.28. The third kappa shape index (κ3) is 6.97. The minimum Gasteiger partial charge on any atom is -0.469 e. The van der Waals surface area contributed by atoms with Crippen LogP contribution in [-0.2, 0) is 23.8 Å². The summed E-state index contributed by atoms with van der Waals surface area (Å²) in [6.07, 6.45) is -0.718. The molecule has 122 valence electrons. The van der Waals surface area contributed by atoms with Gasteiger partial charge in [-0.1, -0.05) is 0 Å². The van der Waals surface area contributed by atoms with Crippen molar-refractivity contribution in [1.29, 1.82) is 0 Å². The minimum absolute atomic E-state index is 0.0333. The van der Waals surface area contributed by atoms with E-state index in [1.54, 1.807) is 34.6 Å². The van der Waals surface area contributed by atoms with Crippen LogP contribution in [0.3, 0.4) is 0 Å². The summed E-state index contributed by atoms with van der Waals surface area (Å²) in [6, 6.07) is -1.00. The molecule has 1 amide bonds. The number of hydrogen-bond acceptors (Lipinski definition) is 6. The van der Waals surface area contributed by atoms with Gasteiger partial charge in [0.05, 0.1) is 19.6 Å². The third-order valence-corrected chi connectivity index (χ3v) is 2.63. The number of amides is 1. The van der Waals surface area contributed by atoms with Gasteiger partial charge in [0.1, 0.15) is 11.6 Å². The van der Waals surface area contributed by atoms with Gasteiger partial charge < -0.3 is 19.5 Å². The van der Waals surface area contributed by atoms with Crippen LogP contribution >= 0.6 is 0 Å². The van der Waals surface area contributed by atoms with Crippen LogP contribution in [0.1, 0.15) is 41.0 Å². The van der Waals surface area contributed by atoms with E-state index < -0.39 is 35.1 Å². The fraction of sp³-hybridized carbons (Fsp3) is 0.786. The van der Waals surface area contributed by atoms with E-state index in [2.05, 4.69) is 14.8 Å². The lowest BCUT2D eigenvalue weighted by Crippen LogP contribution is -2.47. The zero-order valence-corrected chi connectivity index (χ0v) is 13.7. The highest BCUT2D eigenvalue weighted by molar-refractivity contribution is 5.83. The summed E-state index contributed by atoms with van der Waals surface area (Å²) in [5.41, 5.74) is -1.65. The molecule has 0 saturated carbocycles. The van der Waals surface area contributed by atoms with Gasteiger partial charge in [0.15, 0.2) is 0 Å². The van der Waals surface area contributed by atoms with Crippen molar-refractivity contribution in [3.63, 3.8) is 0 Å². The molecule has 0 unspecified atom stereocenters. The van der Waals surface area contributed by atoms with Crippen molar-refractivity contribution >= 4 is 18.0 Å². The van der Waals surface area contributed by atoms with Gasteiger partial charge >= 0.3 is 18.0 Å². The number of hydrogen-bond donors (Lipinski definition) is 1. The quantitative estimate of drug-likeness (QED) is 0.613. The van der Waals surface area contributed by atoms with E-state index in [4.69, 9.17) is 4.74 Å². The van der Waals surface area contributed by atoms with Crippen LogP contribution in [-0.4, -0.2) is 43.9 Å². The highest BCUT2D eigenvalue weighted by atomic mass is 16.6. The first kappa shape index (κ1) is 19.2. The number of nitrogens with one attached hydrogen (secondary N) is 1. The third-order valence-electron chi connectivity index (χ3n) is 2.63. The average Bonchev–Trinajstić information content (AvgIpc) is 2.33. The molecule has 0 spiro atoms. The summed E-state index contributed by atoms with van der Waals surface area (Å²) in [5, 5.41) is 2.42. The van der Waals surface area contributed by atoms with Crippen molar-refractivity contribution in [3.8, 4) is 0 Å². The van der Waals surface area contributed by atoms with E-state index in [1.807, 2.05) is 0 Å². The summed E-state index contributed by atoms with van der Waals surface area (Å²) in [6.45, 7) is 8.35. The topological polar surface area (TPSA) is 90.9 Å². The molecule has 1 atom stereocenters. The average molecular weight is 303 g/mol. The van der Waals surface area contributed by atoms with E-state index in [0.29, 0.717) is 0 Å². The molecule has 0 bridgehead atoms. The summed E-state index contributed by atoms with van der Waals surface area (Å²) in [7, 11) is 2.47. The molecule has 7 nitrogen and oxygen atoms in total. The first-order valence-corrected chi connectivity index (χ1v) is 6.58. The second-order valence-electron chi connectivity index (χ2n) is 6.30. The predicted molar refractivity (Wildman–Crippen MR) is 75.6 cm³/mol. The molecule has 21 heavy (non-hydrogen) atoms. The van der Waals surface area contributed by atoms with E-state index >= 15 is 0 Å². The minimum atomic E-state index is -1.00. The normalized spacial score (nSPS) is 13.1. The van der Waals surface area contributed by atoms with Gasteiger partial charge in [0.25, 0.3) is 0 Å². The van der Waals surface area contributed by atoms with Gasteiger partial charge in [0, 0.05) is 0 Å². The number of alkyl carbamates (subject to hydrolysis) is 1. The summed E-state index contributed by atoms with van der Waals surface area (Å²) in [5.74, 6) is -1.14. The van der Waals surface area contributed by atoms with Gasteiger partial charge in [-0.15, -0.1) is 0 Å². The largest absolute Gasteiger partial charge is 0.469 e. The Morgan fingerprint density at radius 2 is 1.52 bits per heavy atom. The number of rotatable bonds is 5. The molecule has 0 aromatic heterocycles. The van der Waals surface area contributed by atoms with Crippen molar-refractivity contribution in [2.45, 2.75) is 52.7 Å². The van der Waals surface area contributed by atoms with Gasteiger partial charge in [-0.3, -0.25) is 4.79 Å². The lowest BCUT2D eigenvalue weighted by atomic mass is 9.85. The molecule has 0 aliphatic carbocycles. The molecular weight excluding hydrogens is 278 g/mol. The Bertz CT molecular complexity index is 397. The second-order valence-corrected chi connectivity index (χ2v) is 6.30. The molecule has 1 N–H and O–H groups in total. The van der Waals surface area contributed by atoms with Crippen LogP contribution in [0.4, 0.5) is 4.79 Å². The molecule has 0 aromatic rings. The van der Waals surface area contributed by atoms with E-state index in [1.165, 1.54) is 14.2 Å². The molecule has 0 rings (SSSR count). The van der Waals surface area contributed by atoms with Gasteiger partial charge in [-0.25, -0.2) is 9.59 Å². The highest BCUT2D eigenvalue weighted by Crippen LogP contribution is 2.24. The molecule has 0 aromatic carbocycles. The first-order chi connectivity index (χ1) is 9.42. The fourth-order valence-corrected chi connectivity index (χ4v) is 1.66. The molecule has 0 fully saturated rings. The maximum atomic E-state index is 11.8. The zero-order chi connectivity index (χ0) is 16.8. The fourth-order valence-electron chi connectivity index (χ4n) is 1.66. The number of ether oxygens (including phenoxy) is 3. The number of carbonyl (C=O) groups is 3. The standard InChI is InChI=1S/C14H25NO6/c1-13(2,3)21-12(18)15-9(10(16)19-6)8-14(4,5)11(17)20-7/h9H,8H2,1-7H3,(H,15,18)/t9-/m1/s1. The van der Waals surface area contributed by atoms with Gasteiger partial charge in [-0.2, -0.15) is 0 Å². The van der Waals surface area contributed by atoms with E-state index in [-0.39, 0.29) is 6.42 Å². The Balaban J connectivity index is 4.95. The van der Waals surface area contributed by atoms with Crippen LogP contribution in [0.5, 0.6) is 0 Å². The van der Waals surface area contributed by atoms with Crippen molar-refractivity contribution in [3.05, 3.63) is 0 Å². The maximum absolute atomic E-state index is 11.8. The van der Waals surface area contributed by atoms with Crippen LogP contribution in [0.2, 0.25) is 0 Å². The van der Waals surface area contributed by atoms with Crippen LogP contribution in [0.15, 0.2) is 0 Å². The maximum Gasteiger partial charge on any atom is 0.408 e. The summed E-state index contributed by atoms with van der Waals surface area (Å²) >= 11 is 0. The smallest absolute Gasteiger partial charge is 0.408 e. The molecule has 0 aliphatic heterocycles. The predicted octanol–water partition coefficient (Wildman–Crippen LogP) is 1.64. The highest BCUT2D eigenvalue weighted by Gasteiger charge is 2.36.